The number of ether oxygens (including phenoxy) is 1. The Hall–Kier alpha value is -2.21. The summed E-state index contributed by atoms with van der Waals surface area (Å²) in [5.74, 6) is 0. The maximum Gasteiger partial charge on any atom is 0.407 e. The fourth-order valence-corrected chi connectivity index (χ4v) is 5.77. The molecule has 1 atom stereocenters. The van der Waals surface area contributed by atoms with Crippen LogP contribution in [0.4, 0.5) is 4.79 Å². The van der Waals surface area contributed by atoms with Crippen LogP contribution in [0.2, 0.25) is 19.6 Å². The van der Waals surface area contributed by atoms with Crippen LogP contribution in [-0.2, 0) is 29.5 Å². The van der Waals surface area contributed by atoms with Crippen LogP contribution in [0.1, 0.15) is 61.7 Å². The van der Waals surface area contributed by atoms with Gasteiger partial charge in [-0.3, -0.25) is 9.97 Å². The molecule has 0 aliphatic heterocycles. The van der Waals surface area contributed by atoms with Gasteiger partial charge in [0, 0.05) is 18.9 Å². The number of nitrogens with one attached hydrogen (secondary N) is 1. The summed E-state index contributed by atoms with van der Waals surface area (Å²) in [6, 6.07) is 4.61. The minimum Gasteiger partial charge on any atom is -0.444 e. The van der Waals surface area contributed by atoms with Gasteiger partial charge in [0.2, 0.25) is 0 Å². The molecule has 2 aromatic rings. The average molecular weight is 424 g/mol. The lowest BCUT2D eigenvalue weighted by Crippen LogP contribution is -2.38. The molecule has 2 aromatic heterocycles. The van der Waals surface area contributed by atoms with E-state index in [9.17, 15) is 4.79 Å². The molecule has 0 aromatic carbocycles. The van der Waals surface area contributed by atoms with Gasteiger partial charge in [-0.25, -0.2) is 4.79 Å². The molecular weight excluding hydrogens is 390 g/mol. The van der Waals surface area contributed by atoms with E-state index >= 15 is 0 Å². The van der Waals surface area contributed by atoms with E-state index in [1.165, 1.54) is 27.7 Å². The van der Waals surface area contributed by atoms with Crippen molar-refractivity contribution in [1.82, 2.24) is 15.3 Å². The molecule has 0 fully saturated rings. The van der Waals surface area contributed by atoms with Crippen LogP contribution >= 0.6 is 0 Å². The number of aromatic nitrogens is 2. The first-order valence-corrected chi connectivity index (χ1v) is 14.4. The molecule has 6 heteroatoms. The Balaban J connectivity index is 1.55. The Bertz CT molecular complexity index is 991. The van der Waals surface area contributed by atoms with Gasteiger partial charge < -0.3 is 10.1 Å². The highest BCUT2D eigenvalue weighted by Gasteiger charge is 2.47. The number of carbonyl (C=O) groups excluding carboxylic acids is 1. The zero-order valence-corrected chi connectivity index (χ0v) is 20.1. The van der Waals surface area contributed by atoms with Crippen LogP contribution in [-0.4, -0.2) is 29.7 Å². The second kappa shape index (κ2) is 7.19. The molecule has 2 heterocycles. The smallest absolute Gasteiger partial charge is 0.407 e. The summed E-state index contributed by atoms with van der Waals surface area (Å²) in [4.78, 5) is 21.8. The molecule has 160 valence electrons. The van der Waals surface area contributed by atoms with E-state index in [4.69, 9.17) is 14.7 Å². The minimum atomic E-state index is -1.36. The van der Waals surface area contributed by atoms with Crippen molar-refractivity contribution in [2.45, 2.75) is 83.7 Å². The van der Waals surface area contributed by atoms with Gasteiger partial charge in [0.05, 0.1) is 24.9 Å². The zero-order chi connectivity index (χ0) is 21.7. The van der Waals surface area contributed by atoms with Crippen LogP contribution in [0.15, 0.2) is 24.5 Å². The summed E-state index contributed by atoms with van der Waals surface area (Å²) in [5.41, 5.74) is 5.63. The summed E-state index contributed by atoms with van der Waals surface area (Å²) in [6.07, 6.45) is 7.90. The Morgan fingerprint density at radius 1 is 1.07 bits per heavy atom. The Labute approximate surface area is 180 Å². The molecule has 0 unspecified atom stereocenters. The number of amides is 1. The fourth-order valence-electron chi connectivity index (χ4n) is 4.72. The number of carbonyl (C=O) groups is 1. The minimum absolute atomic E-state index is 0.0280. The highest BCUT2D eigenvalue weighted by molar-refractivity contribution is 6.88. The van der Waals surface area contributed by atoms with Crippen LogP contribution in [0, 0.1) is 0 Å². The van der Waals surface area contributed by atoms with Crippen molar-refractivity contribution < 1.29 is 9.53 Å². The summed E-state index contributed by atoms with van der Waals surface area (Å²) < 4.78 is 5.32. The lowest BCUT2D eigenvalue weighted by molar-refractivity contribution is 0.0523. The third-order valence-electron chi connectivity index (χ3n) is 6.24. The Kier molecular flexibility index (Phi) is 5.04. The Morgan fingerprint density at radius 2 is 1.67 bits per heavy atom. The lowest BCUT2D eigenvalue weighted by atomic mass is 9.82. The van der Waals surface area contributed by atoms with Gasteiger partial charge in [-0.15, -0.1) is 0 Å². The summed E-state index contributed by atoms with van der Waals surface area (Å²) in [5, 5.41) is 4.27. The summed E-state index contributed by atoms with van der Waals surface area (Å²) >= 11 is 0. The Morgan fingerprint density at radius 3 is 2.27 bits per heavy atom. The van der Waals surface area contributed by atoms with Gasteiger partial charge >= 0.3 is 6.09 Å². The van der Waals surface area contributed by atoms with Gasteiger partial charge in [-0.05, 0) is 68.3 Å². The van der Waals surface area contributed by atoms with Crippen molar-refractivity contribution in [3.63, 3.8) is 0 Å². The topological polar surface area (TPSA) is 64.1 Å². The highest BCUT2D eigenvalue weighted by Crippen LogP contribution is 2.50. The number of fused-ring (bicyclic) bond motifs is 4. The monoisotopic (exact) mass is 423 g/mol. The number of alkyl carbamates (subject to hydrolysis) is 1. The predicted molar refractivity (Wildman–Crippen MR) is 122 cm³/mol. The average Bonchev–Trinajstić information content (AvgIpc) is 3.20. The molecule has 2 aliphatic carbocycles. The number of nitrogens with zero attached hydrogens (tertiary/aromatic N) is 2. The van der Waals surface area contributed by atoms with Crippen molar-refractivity contribution in [1.29, 1.82) is 0 Å². The van der Waals surface area contributed by atoms with Crippen molar-refractivity contribution in [2.75, 3.05) is 0 Å². The predicted octanol–water partition coefficient (Wildman–Crippen LogP) is 4.23. The van der Waals surface area contributed by atoms with E-state index in [0.717, 1.165) is 31.2 Å². The maximum atomic E-state index is 11.9. The molecule has 4 rings (SSSR count). The van der Waals surface area contributed by atoms with E-state index in [0.29, 0.717) is 6.54 Å². The van der Waals surface area contributed by atoms with E-state index in [1.807, 2.05) is 27.0 Å². The molecule has 1 spiro atoms. The first kappa shape index (κ1) is 21.0. The quantitative estimate of drug-likeness (QED) is 0.751. The molecule has 1 amide bonds. The first-order chi connectivity index (χ1) is 14.0. The molecule has 1 N–H and O–H groups in total. The van der Waals surface area contributed by atoms with Crippen molar-refractivity contribution in [3.05, 3.63) is 52.6 Å². The van der Waals surface area contributed by atoms with Crippen LogP contribution in [0.25, 0.3) is 0 Å². The SMILES string of the molecule is CC(C)(C)OC(=O)NCc1cnc2c(c1)CC[C@@]21CCc2cc([Si](C)(C)C)cnc21. The zero-order valence-electron chi connectivity index (χ0n) is 19.1. The number of hydrogen-bond donors (Lipinski definition) is 1. The van der Waals surface area contributed by atoms with Gasteiger partial charge in [-0.2, -0.15) is 0 Å². The van der Waals surface area contributed by atoms with Gasteiger partial charge in [0.15, 0.2) is 0 Å². The standard InChI is InChI=1S/C24H33N3O2Si/c1-23(2,3)29-22(28)27-14-16-11-17-7-9-24(20(17)25-13-16)10-8-18-12-19(30(4,5)6)15-26-21(18)24/h11-13,15H,7-10,14H2,1-6H3,(H,27,28)/t24-/m1/s1. The second-order valence-corrected chi connectivity index (χ2v) is 15.8. The lowest BCUT2D eigenvalue weighted by Gasteiger charge is -2.25. The van der Waals surface area contributed by atoms with Gasteiger partial charge in [0.1, 0.15) is 5.60 Å². The van der Waals surface area contributed by atoms with Crippen molar-refractivity contribution >= 4 is 19.4 Å². The third kappa shape index (κ3) is 3.89. The van der Waals surface area contributed by atoms with Crippen LogP contribution in [0.3, 0.4) is 0 Å². The molecule has 2 aliphatic rings. The normalized spacial score (nSPS) is 20.2. The highest BCUT2D eigenvalue weighted by atomic mass is 28.3. The van der Waals surface area contributed by atoms with E-state index < -0.39 is 19.8 Å². The van der Waals surface area contributed by atoms with Crippen molar-refractivity contribution in [2.24, 2.45) is 0 Å². The molecular formula is C24H33N3O2Si. The molecule has 0 bridgehead atoms. The molecule has 0 saturated heterocycles. The van der Waals surface area contributed by atoms with Crippen LogP contribution in [0.5, 0.6) is 0 Å². The van der Waals surface area contributed by atoms with E-state index in [1.54, 1.807) is 0 Å². The largest absolute Gasteiger partial charge is 0.444 e. The maximum absolute atomic E-state index is 11.9. The fraction of sp³-hybridized carbons (Fsp3) is 0.542. The van der Waals surface area contributed by atoms with Gasteiger partial charge in [0.25, 0.3) is 0 Å². The second-order valence-electron chi connectivity index (χ2n) is 10.8. The third-order valence-corrected chi connectivity index (χ3v) is 8.25. The molecule has 0 radical (unpaired) electrons. The van der Waals surface area contributed by atoms with Gasteiger partial charge in [-0.1, -0.05) is 31.8 Å². The number of aryl methyl sites for hydroxylation is 2. The molecule has 30 heavy (non-hydrogen) atoms. The van der Waals surface area contributed by atoms with Crippen LogP contribution < -0.4 is 10.5 Å². The number of pyridine rings is 2. The summed E-state index contributed by atoms with van der Waals surface area (Å²) in [6.45, 7) is 13.1. The van der Waals surface area contributed by atoms with Crippen molar-refractivity contribution in [3.8, 4) is 0 Å². The van der Waals surface area contributed by atoms with E-state index in [-0.39, 0.29) is 5.41 Å². The molecule has 0 saturated carbocycles. The number of rotatable bonds is 3. The van der Waals surface area contributed by atoms with E-state index in [2.05, 4.69) is 43.3 Å². The summed E-state index contributed by atoms with van der Waals surface area (Å²) in [7, 11) is -1.36. The molecule has 5 nitrogen and oxygen atoms in total. The first-order valence-electron chi connectivity index (χ1n) is 10.9. The number of hydrogen-bond acceptors (Lipinski definition) is 4.